The zero-order valence-corrected chi connectivity index (χ0v) is 18.3. The van der Waals surface area contributed by atoms with Crippen molar-refractivity contribution in [3.8, 4) is 0 Å². The van der Waals surface area contributed by atoms with Gasteiger partial charge in [-0.15, -0.1) is 0 Å². The van der Waals surface area contributed by atoms with E-state index in [-0.39, 0.29) is 35.9 Å². The Bertz CT molecular complexity index is 969. The fraction of sp³-hybridized carbons (Fsp3) is 0.500. The Balaban J connectivity index is 1.43. The van der Waals surface area contributed by atoms with Crippen LogP contribution in [0.15, 0.2) is 24.3 Å². The molecule has 31 heavy (non-hydrogen) atoms. The average molecular weight is 425 g/mol. The normalized spacial score (nSPS) is 22.8. The topological polar surface area (TPSA) is 75.2 Å². The predicted molar refractivity (Wildman–Crippen MR) is 116 cm³/mol. The summed E-state index contributed by atoms with van der Waals surface area (Å²) in [5.41, 5.74) is 2.93. The van der Waals surface area contributed by atoms with E-state index in [0.29, 0.717) is 18.2 Å². The van der Waals surface area contributed by atoms with Crippen molar-refractivity contribution in [2.24, 2.45) is 11.8 Å². The van der Waals surface area contributed by atoms with Gasteiger partial charge in [0.25, 0.3) is 0 Å². The highest BCUT2D eigenvalue weighted by molar-refractivity contribution is 5.92. The number of nitrogens with one attached hydrogen (secondary N) is 1. The third kappa shape index (κ3) is 4.92. The van der Waals surface area contributed by atoms with Crippen molar-refractivity contribution in [1.29, 1.82) is 0 Å². The van der Waals surface area contributed by atoms with Crippen molar-refractivity contribution in [2.75, 3.05) is 18.4 Å². The maximum Gasteiger partial charge on any atom is 0.228 e. The molecular weight excluding hydrogens is 395 g/mol. The van der Waals surface area contributed by atoms with Crippen LogP contribution in [-0.4, -0.2) is 39.8 Å². The number of aromatic nitrogens is 2. The average Bonchev–Trinajstić information content (AvgIpc) is 3.48. The second kappa shape index (κ2) is 8.73. The van der Waals surface area contributed by atoms with Gasteiger partial charge in [0.15, 0.2) is 0 Å². The summed E-state index contributed by atoms with van der Waals surface area (Å²) < 4.78 is 13.0. The Kier molecular flexibility index (Phi) is 6.03. The maximum absolute atomic E-state index is 13.0. The van der Waals surface area contributed by atoms with Gasteiger partial charge in [-0.3, -0.25) is 9.59 Å². The number of hydrogen-bond donors (Lipinski definition) is 1. The molecular formula is C24H29FN4O2. The lowest BCUT2D eigenvalue weighted by Gasteiger charge is -2.32. The second-order valence-corrected chi connectivity index (χ2v) is 8.91. The molecule has 1 saturated carbocycles. The van der Waals surface area contributed by atoms with Gasteiger partial charge >= 0.3 is 0 Å². The van der Waals surface area contributed by atoms with Gasteiger partial charge in [-0.1, -0.05) is 6.92 Å². The summed E-state index contributed by atoms with van der Waals surface area (Å²) in [4.78, 5) is 36.5. The first-order chi connectivity index (χ1) is 14.8. The molecule has 4 rings (SSSR count). The summed E-state index contributed by atoms with van der Waals surface area (Å²) in [7, 11) is 0. The minimum atomic E-state index is -0.344. The van der Waals surface area contributed by atoms with E-state index in [9.17, 15) is 14.0 Å². The molecule has 2 amide bonds. The predicted octanol–water partition coefficient (Wildman–Crippen LogP) is 3.78. The number of likely N-dealkylation sites (tertiary alicyclic amines) is 1. The first-order valence-corrected chi connectivity index (χ1v) is 11.0. The number of piperidine rings is 1. The van der Waals surface area contributed by atoms with E-state index in [4.69, 9.17) is 9.97 Å². The van der Waals surface area contributed by atoms with E-state index in [1.165, 1.54) is 24.3 Å². The summed E-state index contributed by atoms with van der Waals surface area (Å²) in [6.45, 7) is 7.42. The maximum atomic E-state index is 13.0. The molecule has 2 heterocycles. The van der Waals surface area contributed by atoms with Crippen molar-refractivity contribution in [3.05, 3.63) is 52.9 Å². The van der Waals surface area contributed by atoms with Crippen molar-refractivity contribution < 1.29 is 14.0 Å². The van der Waals surface area contributed by atoms with Crippen molar-refractivity contribution in [3.63, 3.8) is 0 Å². The SMILES string of the molecule is Cc1nc([C@@H]2CCCN(C(=O)[C@H]3C[C@@H]3C)C2)nc(C)c1CC(=O)Nc1ccc(F)cc1. The van der Waals surface area contributed by atoms with E-state index >= 15 is 0 Å². The van der Waals surface area contributed by atoms with E-state index in [2.05, 4.69) is 12.2 Å². The Hall–Kier alpha value is -2.83. The third-order valence-corrected chi connectivity index (χ3v) is 6.43. The highest BCUT2D eigenvalue weighted by atomic mass is 19.1. The fourth-order valence-electron chi connectivity index (χ4n) is 4.39. The van der Waals surface area contributed by atoms with Crippen molar-refractivity contribution in [2.45, 2.75) is 52.4 Å². The highest BCUT2D eigenvalue weighted by Gasteiger charge is 2.42. The molecule has 0 unspecified atom stereocenters. The highest BCUT2D eigenvalue weighted by Crippen LogP contribution is 2.40. The van der Waals surface area contributed by atoms with Crippen LogP contribution in [0.25, 0.3) is 0 Å². The van der Waals surface area contributed by atoms with Gasteiger partial charge in [-0.25, -0.2) is 14.4 Å². The molecule has 6 nitrogen and oxygen atoms in total. The molecule has 1 N–H and O–H groups in total. The quantitative estimate of drug-likeness (QED) is 0.793. The van der Waals surface area contributed by atoms with E-state index < -0.39 is 0 Å². The largest absolute Gasteiger partial charge is 0.342 e. The molecule has 1 saturated heterocycles. The number of carbonyl (C=O) groups excluding carboxylic acids is 2. The lowest BCUT2D eigenvalue weighted by atomic mass is 9.96. The standard InChI is InChI=1S/C24H29FN4O2/c1-14-11-20(14)24(31)29-10-4-5-17(13-29)23-26-15(2)21(16(3)27-23)12-22(30)28-19-8-6-18(25)7-9-19/h6-9,14,17,20H,4-5,10-13H2,1-3H3,(H,28,30)/t14-,17+,20-/m0/s1. The lowest BCUT2D eigenvalue weighted by molar-refractivity contribution is -0.134. The summed E-state index contributed by atoms with van der Waals surface area (Å²) >= 11 is 0. The van der Waals surface area contributed by atoms with Crippen LogP contribution in [-0.2, 0) is 16.0 Å². The lowest BCUT2D eigenvalue weighted by Crippen LogP contribution is -2.40. The minimum Gasteiger partial charge on any atom is -0.342 e. The first-order valence-electron chi connectivity index (χ1n) is 11.0. The molecule has 1 aromatic heterocycles. The van der Waals surface area contributed by atoms with Crippen LogP contribution in [0, 0.1) is 31.5 Å². The minimum absolute atomic E-state index is 0.131. The Morgan fingerprint density at radius 3 is 2.42 bits per heavy atom. The molecule has 1 aliphatic heterocycles. The van der Waals surface area contributed by atoms with Crippen LogP contribution in [0.5, 0.6) is 0 Å². The molecule has 0 bridgehead atoms. The van der Waals surface area contributed by atoms with Gasteiger partial charge in [-0.2, -0.15) is 0 Å². The zero-order valence-electron chi connectivity index (χ0n) is 18.3. The summed E-state index contributed by atoms with van der Waals surface area (Å²) in [6, 6.07) is 5.69. The van der Waals surface area contributed by atoms with Crippen LogP contribution in [0.4, 0.5) is 10.1 Å². The van der Waals surface area contributed by atoms with E-state index in [1.54, 1.807) is 0 Å². The first kappa shape index (κ1) is 21.4. The zero-order chi connectivity index (χ0) is 22.1. The third-order valence-electron chi connectivity index (χ3n) is 6.43. The number of anilines is 1. The van der Waals surface area contributed by atoms with Crippen LogP contribution in [0.1, 0.15) is 54.9 Å². The van der Waals surface area contributed by atoms with Crippen LogP contribution in [0.2, 0.25) is 0 Å². The Morgan fingerprint density at radius 1 is 1.16 bits per heavy atom. The molecule has 0 spiro atoms. The number of benzene rings is 1. The summed E-state index contributed by atoms with van der Waals surface area (Å²) in [5.74, 6) is 1.34. The van der Waals surface area contributed by atoms with Crippen LogP contribution >= 0.6 is 0 Å². The number of amides is 2. The van der Waals surface area contributed by atoms with Crippen molar-refractivity contribution >= 4 is 17.5 Å². The van der Waals surface area contributed by atoms with Crippen molar-refractivity contribution in [1.82, 2.24) is 14.9 Å². The van der Waals surface area contributed by atoms with E-state index in [0.717, 1.165) is 48.6 Å². The molecule has 1 aliphatic carbocycles. The van der Waals surface area contributed by atoms with Gasteiger partial charge in [0.2, 0.25) is 11.8 Å². The van der Waals surface area contributed by atoms with E-state index in [1.807, 2.05) is 18.7 Å². The second-order valence-electron chi connectivity index (χ2n) is 8.91. The monoisotopic (exact) mass is 424 g/mol. The number of carbonyl (C=O) groups is 2. The van der Waals surface area contributed by atoms with Gasteiger partial charge in [-0.05, 0) is 63.3 Å². The molecule has 2 fully saturated rings. The smallest absolute Gasteiger partial charge is 0.228 e. The van der Waals surface area contributed by atoms with Gasteiger partial charge in [0, 0.05) is 47.6 Å². The summed E-state index contributed by atoms with van der Waals surface area (Å²) in [6.07, 6.45) is 3.08. The molecule has 3 atom stereocenters. The Morgan fingerprint density at radius 2 is 1.81 bits per heavy atom. The summed E-state index contributed by atoms with van der Waals surface area (Å²) in [5, 5.41) is 2.78. The molecule has 164 valence electrons. The number of halogens is 1. The molecule has 7 heteroatoms. The molecule has 1 aromatic carbocycles. The van der Waals surface area contributed by atoms with Crippen LogP contribution in [0.3, 0.4) is 0 Å². The molecule has 0 radical (unpaired) electrons. The fourth-order valence-corrected chi connectivity index (χ4v) is 4.39. The number of nitrogens with zero attached hydrogens (tertiary/aromatic N) is 3. The number of hydrogen-bond acceptors (Lipinski definition) is 4. The van der Waals surface area contributed by atoms with Crippen LogP contribution < -0.4 is 5.32 Å². The Labute approximate surface area is 182 Å². The van der Waals surface area contributed by atoms with Gasteiger partial charge < -0.3 is 10.2 Å². The number of aryl methyl sites for hydroxylation is 2. The van der Waals surface area contributed by atoms with Gasteiger partial charge in [0.1, 0.15) is 11.6 Å². The van der Waals surface area contributed by atoms with Gasteiger partial charge in [0.05, 0.1) is 6.42 Å². The molecule has 2 aliphatic rings. The molecule has 2 aromatic rings. The number of rotatable bonds is 5.